The zero-order chi connectivity index (χ0) is 26.4. The molecule has 2 N–H and O–H groups in total. The van der Waals surface area contributed by atoms with Crippen LogP contribution in [0.4, 0.5) is 0 Å². The monoisotopic (exact) mass is 466 g/mol. The van der Waals surface area contributed by atoms with E-state index in [4.69, 9.17) is 0 Å². The normalized spacial score (nSPS) is 13.6. The summed E-state index contributed by atoms with van der Waals surface area (Å²) in [5.74, 6) is 0.658. The fraction of sp³-hybridized carbons (Fsp3) is 0.625. The molecule has 0 atom stereocenters. The van der Waals surface area contributed by atoms with Crippen molar-refractivity contribution >= 4 is 0 Å². The summed E-state index contributed by atoms with van der Waals surface area (Å²) in [5.41, 5.74) is 5.75. The van der Waals surface area contributed by atoms with Crippen LogP contribution in [0.1, 0.15) is 142 Å². The van der Waals surface area contributed by atoms with Crippen LogP contribution in [0.5, 0.6) is 11.5 Å². The van der Waals surface area contributed by atoms with E-state index in [9.17, 15) is 10.2 Å². The van der Waals surface area contributed by atoms with Gasteiger partial charge in [0, 0.05) is 17.0 Å². The minimum Gasteiger partial charge on any atom is -0.507 e. The molecule has 2 nitrogen and oxygen atoms in total. The van der Waals surface area contributed by atoms with Gasteiger partial charge in [0.05, 0.1) is 0 Å². The molecule has 0 aliphatic rings. The lowest BCUT2D eigenvalue weighted by atomic mass is 9.73. The first kappa shape index (κ1) is 28.3. The van der Waals surface area contributed by atoms with Gasteiger partial charge in [0.25, 0.3) is 0 Å². The van der Waals surface area contributed by atoms with E-state index in [1.807, 2.05) is 0 Å². The highest BCUT2D eigenvalue weighted by Gasteiger charge is 2.32. The van der Waals surface area contributed by atoms with E-state index in [0.717, 1.165) is 35.1 Å². The predicted molar refractivity (Wildman–Crippen MR) is 148 cm³/mol. The van der Waals surface area contributed by atoms with Gasteiger partial charge in [0.15, 0.2) is 0 Å². The van der Waals surface area contributed by atoms with E-state index in [1.165, 1.54) is 11.1 Å². The van der Waals surface area contributed by atoms with Crippen LogP contribution in [0.2, 0.25) is 0 Å². The van der Waals surface area contributed by atoms with Crippen LogP contribution in [-0.4, -0.2) is 10.2 Å². The molecule has 0 fully saturated rings. The number of benzene rings is 2. The van der Waals surface area contributed by atoms with Gasteiger partial charge in [-0.25, -0.2) is 0 Å². The van der Waals surface area contributed by atoms with Crippen molar-refractivity contribution in [2.24, 2.45) is 0 Å². The summed E-state index contributed by atoms with van der Waals surface area (Å²) in [6.45, 7) is 28.4. The molecule has 0 amide bonds. The maximum Gasteiger partial charge on any atom is 0.123 e. The lowest BCUT2D eigenvalue weighted by Crippen LogP contribution is -2.20. The predicted octanol–water partition coefficient (Wildman–Crippen LogP) is 9.22. The third-order valence-electron chi connectivity index (χ3n) is 6.96. The first-order chi connectivity index (χ1) is 15.2. The summed E-state index contributed by atoms with van der Waals surface area (Å²) in [5, 5.41) is 23.3. The standard InChI is InChI=1S/C32H50O2/c1-14-15-22(23-16-20(29(2,3)4)18-25(27(23)33)31(8,9)10)24-17-21(30(5,6)7)19-26(28(24)34)32(11,12)13/h16-19,22,33-34H,14-15H2,1-13H3. The molecule has 0 radical (unpaired) electrons. The summed E-state index contributed by atoms with van der Waals surface area (Å²) in [7, 11) is 0. The Labute approximate surface area is 209 Å². The number of phenolic OH excluding ortho intramolecular Hbond substituents is 2. The van der Waals surface area contributed by atoms with Crippen LogP contribution in [0.15, 0.2) is 24.3 Å². The lowest BCUT2D eigenvalue weighted by Gasteiger charge is -2.32. The second-order valence-electron chi connectivity index (χ2n) is 14.3. The van der Waals surface area contributed by atoms with E-state index in [0.29, 0.717) is 11.5 Å². The first-order valence-electron chi connectivity index (χ1n) is 12.9. The average molecular weight is 467 g/mol. The number of hydrogen-bond acceptors (Lipinski definition) is 2. The molecule has 0 heterocycles. The molecule has 0 saturated carbocycles. The highest BCUT2D eigenvalue weighted by atomic mass is 16.3. The lowest BCUT2D eigenvalue weighted by molar-refractivity contribution is 0.422. The van der Waals surface area contributed by atoms with Crippen LogP contribution in [0, 0.1) is 0 Å². The van der Waals surface area contributed by atoms with Gasteiger partial charge < -0.3 is 10.2 Å². The number of hydrogen-bond donors (Lipinski definition) is 2. The second-order valence-corrected chi connectivity index (χ2v) is 14.3. The fourth-order valence-electron chi connectivity index (χ4n) is 4.62. The quantitative estimate of drug-likeness (QED) is 0.471. The maximum absolute atomic E-state index is 11.6. The molecule has 0 aliphatic carbocycles. The Kier molecular flexibility index (Phi) is 7.69. The van der Waals surface area contributed by atoms with Gasteiger partial charge in [-0.2, -0.15) is 0 Å². The molecular formula is C32H50O2. The molecule has 2 heteroatoms. The zero-order valence-corrected chi connectivity index (χ0v) is 24.2. The summed E-state index contributed by atoms with van der Waals surface area (Å²) < 4.78 is 0. The fourth-order valence-corrected chi connectivity index (χ4v) is 4.62. The molecule has 0 unspecified atom stereocenters. The molecule has 2 rings (SSSR count). The van der Waals surface area contributed by atoms with Crippen molar-refractivity contribution in [1.82, 2.24) is 0 Å². The average Bonchev–Trinajstić information content (AvgIpc) is 2.63. The van der Waals surface area contributed by atoms with Gasteiger partial charge in [0.2, 0.25) is 0 Å². The zero-order valence-electron chi connectivity index (χ0n) is 24.2. The molecule has 0 aromatic heterocycles. The minimum atomic E-state index is -0.192. The smallest absolute Gasteiger partial charge is 0.123 e. The Morgan fingerprint density at radius 2 is 0.882 bits per heavy atom. The van der Waals surface area contributed by atoms with Gasteiger partial charge in [0.1, 0.15) is 11.5 Å². The van der Waals surface area contributed by atoms with E-state index in [2.05, 4.69) is 114 Å². The summed E-state index contributed by atoms with van der Waals surface area (Å²) >= 11 is 0. The third-order valence-corrected chi connectivity index (χ3v) is 6.96. The Hall–Kier alpha value is -1.96. The van der Waals surface area contributed by atoms with Crippen LogP contribution >= 0.6 is 0 Å². The van der Waals surface area contributed by atoms with E-state index < -0.39 is 0 Å². The Balaban J connectivity index is 3.00. The van der Waals surface area contributed by atoms with E-state index >= 15 is 0 Å². The van der Waals surface area contributed by atoms with Crippen molar-refractivity contribution in [2.75, 3.05) is 0 Å². The molecular weight excluding hydrogens is 416 g/mol. The van der Waals surface area contributed by atoms with Gasteiger partial charge in [-0.15, -0.1) is 0 Å². The topological polar surface area (TPSA) is 40.5 Å². The van der Waals surface area contributed by atoms with Gasteiger partial charge in [-0.1, -0.05) is 121 Å². The van der Waals surface area contributed by atoms with Crippen molar-refractivity contribution in [3.8, 4) is 11.5 Å². The molecule has 0 spiro atoms. The minimum absolute atomic E-state index is 0.0505. The number of rotatable bonds is 4. The molecule has 0 bridgehead atoms. The summed E-state index contributed by atoms with van der Waals surface area (Å²) in [6.07, 6.45) is 1.81. The molecule has 190 valence electrons. The number of phenols is 2. The van der Waals surface area contributed by atoms with E-state index in [-0.39, 0.29) is 27.6 Å². The molecule has 2 aromatic carbocycles. The summed E-state index contributed by atoms with van der Waals surface area (Å²) in [4.78, 5) is 0. The highest BCUT2D eigenvalue weighted by molar-refractivity contribution is 5.57. The molecule has 2 aromatic rings. The first-order valence-corrected chi connectivity index (χ1v) is 12.9. The molecule has 0 saturated heterocycles. The Morgan fingerprint density at radius 1 is 0.559 bits per heavy atom. The Morgan fingerprint density at radius 3 is 1.12 bits per heavy atom. The van der Waals surface area contributed by atoms with E-state index in [1.54, 1.807) is 0 Å². The van der Waals surface area contributed by atoms with Crippen LogP contribution in [-0.2, 0) is 21.7 Å². The van der Waals surface area contributed by atoms with Crippen LogP contribution in [0.3, 0.4) is 0 Å². The maximum atomic E-state index is 11.6. The third kappa shape index (κ3) is 5.99. The Bertz CT molecular complexity index is 934. The SMILES string of the molecule is CCCC(c1cc(C(C)(C)C)cc(C(C)(C)C)c1O)c1cc(C(C)(C)C)cc(C(C)(C)C)c1O. The molecule has 34 heavy (non-hydrogen) atoms. The number of aromatic hydroxyl groups is 2. The second kappa shape index (κ2) is 9.25. The van der Waals surface area contributed by atoms with Crippen molar-refractivity contribution < 1.29 is 10.2 Å². The van der Waals surface area contributed by atoms with Crippen molar-refractivity contribution in [1.29, 1.82) is 0 Å². The van der Waals surface area contributed by atoms with Crippen molar-refractivity contribution in [3.05, 3.63) is 57.6 Å². The van der Waals surface area contributed by atoms with Crippen molar-refractivity contribution in [3.63, 3.8) is 0 Å². The van der Waals surface area contributed by atoms with Gasteiger partial charge in [-0.05, 0) is 50.3 Å². The van der Waals surface area contributed by atoms with Crippen molar-refractivity contribution in [2.45, 2.75) is 130 Å². The van der Waals surface area contributed by atoms with Gasteiger partial charge >= 0.3 is 0 Å². The van der Waals surface area contributed by atoms with Gasteiger partial charge in [-0.3, -0.25) is 0 Å². The van der Waals surface area contributed by atoms with Crippen LogP contribution < -0.4 is 0 Å². The molecule has 0 aliphatic heterocycles. The summed E-state index contributed by atoms with van der Waals surface area (Å²) in [6, 6.07) is 8.72. The largest absolute Gasteiger partial charge is 0.507 e. The highest BCUT2D eigenvalue weighted by Crippen LogP contribution is 2.48. The van der Waals surface area contributed by atoms with Crippen LogP contribution in [0.25, 0.3) is 0 Å².